The topological polar surface area (TPSA) is 50.4 Å². The van der Waals surface area contributed by atoms with Crippen LogP contribution in [0.4, 0.5) is 0 Å². The van der Waals surface area contributed by atoms with E-state index >= 15 is 0 Å². The van der Waals surface area contributed by atoms with E-state index in [4.69, 9.17) is 4.74 Å². The van der Waals surface area contributed by atoms with Crippen LogP contribution in [0.15, 0.2) is 60.7 Å². The summed E-state index contributed by atoms with van der Waals surface area (Å²) in [6.45, 7) is 4.73. The van der Waals surface area contributed by atoms with Gasteiger partial charge in [-0.3, -0.25) is 4.79 Å². The maximum absolute atomic E-state index is 12.7. The van der Waals surface area contributed by atoms with Crippen molar-refractivity contribution in [3.63, 3.8) is 0 Å². The first-order valence-electron chi connectivity index (χ1n) is 9.95. The number of hydrogen-bond acceptors (Lipinski definition) is 3. The first kappa shape index (κ1) is 22.3. The summed E-state index contributed by atoms with van der Waals surface area (Å²) in [4.78, 5) is 12.7. The summed E-state index contributed by atoms with van der Waals surface area (Å²) in [6.07, 6.45) is 2.97. The molecule has 0 aromatic heterocycles. The second-order valence-corrected chi connectivity index (χ2v) is 7.44. The van der Waals surface area contributed by atoms with Gasteiger partial charge in [0.05, 0.1) is 6.04 Å². The molecule has 4 nitrogen and oxygen atoms in total. The van der Waals surface area contributed by atoms with Crippen molar-refractivity contribution >= 4 is 18.3 Å². The van der Waals surface area contributed by atoms with Crippen molar-refractivity contribution in [3.05, 3.63) is 66.2 Å². The van der Waals surface area contributed by atoms with E-state index in [1.165, 1.54) is 12.8 Å². The molecular formula is C23H31ClN2O2. The highest BCUT2D eigenvalue weighted by atomic mass is 35.5. The zero-order valence-corrected chi connectivity index (χ0v) is 17.3. The van der Waals surface area contributed by atoms with Gasteiger partial charge in [-0.1, -0.05) is 55.5 Å². The van der Waals surface area contributed by atoms with E-state index in [-0.39, 0.29) is 24.4 Å². The van der Waals surface area contributed by atoms with Crippen LogP contribution in [-0.4, -0.2) is 25.6 Å². The fourth-order valence-corrected chi connectivity index (χ4v) is 3.68. The van der Waals surface area contributed by atoms with E-state index in [1.54, 1.807) is 0 Å². The molecular weight excluding hydrogens is 372 g/mol. The van der Waals surface area contributed by atoms with Crippen LogP contribution >= 0.6 is 12.4 Å². The lowest BCUT2D eigenvalue weighted by Gasteiger charge is -2.28. The minimum absolute atomic E-state index is 0. The van der Waals surface area contributed by atoms with E-state index < -0.39 is 0 Å². The van der Waals surface area contributed by atoms with Gasteiger partial charge in [-0.25, -0.2) is 0 Å². The highest BCUT2D eigenvalue weighted by molar-refractivity contribution is 5.85. The number of ether oxygens (including phenoxy) is 1. The van der Waals surface area contributed by atoms with E-state index in [0.717, 1.165) is 24.4 Å². The van der Waals surface area contributed by atoms with Gasteiger partial charge in [-0.05, 0) is 55.5 Å². The number of amides is 1. The molecule has 0 radical (unpaired) electrons. The Labute approximate surface area is 174 Å². The van der Waals surface area contributed by atoms with Crippen molar-refractivity contribution < 1.29 is 9.53 Å². The van der Waals surface area contributed by atoms with Gasteiger partial charge in [-0.2, -0.15) is 0 Å². The molecule has 2 aromatic rings. The third-order valence-electron chi connectivity index (χ3n) is 5.34. The SMILES string of the molecule is CC(CC(=O)NC(COc1ccccc1)c1ccccc1)C1CCCNC1.Cl. The average molecular weight is 403 g/mol. The van der Waals surface area contributed by atoms with E-state index in [2.05, 4.69) is 17.6 Å². The normalized spacial score (nSPS) is 18.4. The molecule has 1 amide bonds. The fourth-order valence-electron chi connectivity index (χ4n) is 3.68. The zero-order valence-electron chi connectivity index (χ0n) is 16.5. The van der Waals surface area contributed by atoms with Gasteiger partial charge in [0.2, 0.25) is 5.91 Å². The summed E-state index contributed by atoms with van der Waals surface area (Å²) >= 11 is 0. The Balaban J connectivity index is 0.00000280. The Morgan fingerprint density at radius 1 is 1.14 bits per heavy atom. The molecule has 0 bridgehead atoms. The lowest BCUT2D eigenvalue weighted by molar-refractivity contribution is -0.123. The summed E-state index contributed by atoms with van der Waals surface area (Å²) in [7, 11) is 0. The van der Waals surface area contributed by atoms with Gasteiger partial charge in [0.15, 0.2) is 0 Å². The number of halogens is 1. The molecule has 3 atom stereocenters. The molecule has 2 N–H and O–H groups in total. The van der Waals surface area contributed by atoms with Crippen LogP contribution in [0, 0.1) is 11.8 Å². The number of carbonyl (C=O) groups is 1. The van der Waals surface area contributed by atoms with Gasteiger partial charge in [-0.15, -0.1) is 12.4 Å². The number of para-hydroxylation sites is 1. The van der Waals surface area contributed by atoms with E-state index in [0.29, 0.717) is 24.9 Å². The number of hydrogen-bond donors (Lipinski definition) is 2. The third kappa shape index (κ3) is 6.84. The Morgan fingerprint density at radius 2 is 1.82 bits per heavy atom. The van der Waals surface area contributed by atoms with Crippen molar-refractivity contribution in [2.45, 2.75) is 32.2 Å². The fraction of sp³-hybridized carbons (Fsp3) is 0.435. The molecule has 152 valence electrons. The highest BCUT2D eigenvalue weighted by Crippen LogP contribution is 2.23. The third-order valence-corrected chi connectivity index (χ3v) is 5.34. The molecule has 3 rings (SSSR count). The summed E-state index contributed by atoms with van der Waals surface area (Å²) in [5.41, 5.74) is 1.06. The monoisotopic (exact) mass is 402 g/mol. The molecule has 28 heavy (non-hydrogen) atoms. The molecule has 0 aliphatic carbocycles. The van der Waals surface area contributed by atoms with Gasteiger partial charge in [0, 0.05) is 6.42 Å². The number of piperidine rings is 1. The van der Waals surface area contributed by atoms with Crippen LogP contribution in [0.3, 0.4) is 0 Å². The van der Waals surface area contributed by atoms with Crippen LogP contribution in [0.2, 0.25) is 0 Å². The quantitative estimate of drug-likeness (QED) is 0.689. The number of rotatable bonds is 8. The summed E-state index contributed by atoms with van der Waals surface area (Å²) < 4.78 is 5.92. The second kappa shape index (κ2) is 11.7. The number of nitrogens with one attached hydrogen (secondary N) is 2. The van der Waals surface area contributed by atoms with Crippen molar-refractivity contribution in [2.75, 3.05) is 19.7 Å². The molecule has 0 saturated carbocycles. The number of benzene rings is 2. The maximum Gasteiger partial charge on any atom is 0.220 e. The molecule has 0 spiro atoms. The molecule has 1 aliphatic heterocycles. The van der Waals surface area contributed by atoms with Gasteiger partial charge in [0.1, 0.15) is 12.4 Å². The van der Waals surface area contributed by atoms with Gasteiger partial charge in [0.25, 0.3) is 0 Å². The standard InChI is InChI=1S/C23H30N2O2.ClH/c1-18(20-11-8-14-24-16-20)15-23(26)25-22(19-9-4-2-5-10-19)17-27-21-12-6-3-7-13-21;/h2-7,9-10,12-13,18,20,22,24H,8,11,14-17H2,1H3,(H,25,26);1H. The van der Waals surface area contributed by atoms with Crippen molar-refractivity contribution in [2.24, 2.45) is 11.8 Å². The van der Waals surface area contributed by atoms with Gasteiger partial charge < -0.3 is 15.4 Å². The van der Waals surface area contributed by atoms with Gasteiger partial charge >= 0.3 is 0 Å². The van der Waals surface area contributed by atoms with Crippen molar-refractivity contribution in [1.29, 1.82) is 0 Å². The minimum Gasteiger partial charge on any atom is -0.491 e. The molecule has 5 heteroatoms. The molecule has 1 fully saturated rings. The maximum atomic E-state index is 12.7. The predicted molar refractivity (Wildman–Crippen MR) is 116 cm³/mol. The van der Waals surface area contributed by atoms with Crippen LogP contribution < -0.4 is 15.4 Å². The summed E-state index contributed by atoms with van der Waals surface area (Å²) in [5.74, 6) is 1.87. The summed E-state index contributed by atoms with van der Waals surface area (Å²) in [6, 6.07) is 19.6. The van der Waals surface area contributed by atoms with Crippen LogP contribution in [-0.2, 0) is 4.79 Å². The van der Waals surface area contributed by atoms with E-state index in [1.807, 2.05) is 60.7 Å². The molecule has 1 saturated heterocycles. The average Bonchev–Trinajstić information content (AvgIpc) is 2.73. The smallest absolute Gasteiger partial charge is 0.220 e. The Bertz CT molecular complexity index is 690. The minimum atomic E-state index is -0.157. The van der Waals surface area contributed by atoms with E-state index in [9.17, 15) is 4.79 Å². The zero-order chi connectivity index (χ0) is 18.9. The molecule has 3 unspecified atom stereocenters. The molecule has 2 aromatic carbocycles. The number of carbonyl (C=O) groups excluding carboxylic acids is 1. The molecule has 1 aliphatic rings. The van der Waals surface area contributed by atoms with Crippen molar-refractivity contribution in [1.82, 2.24) is 10.6 Å². The first-order valence-corrected chi connectivity index (χ1v) is 9.95. The van der Waals surface area contributed by atoms with Crippen LogP contribution in [0.25, 0.3) is 0 Å². The first-order chi connectivity index (χ1) is 13.2. The lowest BCUT2D eigenvalue weighted by atomic mass is 9.85. The van der Waals surface area contributed by atoms with Crippen molar-refractivity contribution in [3.8, 4) is 5.75 Å². The van der Waals surface area contributed by atoms with Crippen LogP contribution in [0.5, 0.6) is 5.75 Å². The largest absolute Gasteiger partial charge is 0.491 e. The second-order valence-electron chi connectivity index (χ2n) is 7.44. The summed E-state index contributed by atoms with van der Waals surface area (Å²) in [5, 5.41) is 6.63. The Kier molecular flexibility index (Phi) is 9.32. The Morgan fingerprint density at radius 3 is 2.46 bits per heavy atom. The highest BCUT2D eigenvalue weighted by Gasteiger charge is 2.23. The Hall–Kier alpha value is -2.04. The predicted octanol–water partition coefficient (Wildman–Crippen LogP) is 4.37. The van der Waals surface area contributed by atoms with Crippen LogP contribution in [0.1, 0.15) is 37.8 Å². The lowest BCUT2D eigenvalue weighted by Crippen LogP contribution is -2.37. The molecule has 1 heterocycles.